The molecular formula is C21H24N4O3. The van der Waals surface area contributed by atoms with Gasteiger partial charge in [0, 0.05) is 6.20 Å². The van der Waals surface area contributed by atoms with Crippen LogP contribution in [0.5, 0.6) is 0 Å². The van der Waals surface area contributed by atoms with Gasteiger partial charge in [-0.15, -0.1) is 0 Å². The minimum absolute atomic E-state index is 0.232. The van der Waals surface area contributed by atoms with Gasteiger partial charge in [-0.3, -0.25) is 4.79 Å². The SMILES string of the molecule is CC(C)(C)OC(=O)NC(C(=O)NCc1ncc2ccccn12)c1ccccc1. The molecule has 0 aliphatic rings. The van der Waals surface area contributed by atoms with Crippen molar-refractivity contribution in [2.45, 2.75) is 39.0 Å². The van der Waals surface area contributed by atoms with E-state index in [2.05, 4.69) is 15.6 Å². The second-order valence-corrected chi connectivity index (χ2v) is 7.38. The number of pyridine rings is 1. The molecule has 0 saturated heterocycles. The Hall–Kier alpha value is -3.35. The first-order valence-electron chi connectivity index (χ1n) is 9.06. The Morgan fingerprint density at radius 3 is 2.54 bits per heavy atom. The summed E-state index contributed by atoms with van der Waals surface area (Å²) < 4.78 is 7.20. The zero-order valence-corrected chi connectivity index (χ0v) is 16.2. The molecule has 1 atom stereocenters. The molecule has 7 nitrogen and oxygen atoms in total. The summed E-state index contributed by atoms with van der Waals surface area (Å²) in [5, 5.41) is 5.51. The largest absolute Gasteiger partial charge is 0.444 e. The van der Waals surface area contributed by atoms with E-state index in [4.69, 9.17) is 4.74 Å². The van der Waals surface area contributed by atoms with Crippen molar-refractivity contribution in [2.75, 3.05) is 0 Å². The third-order valence-corrected chi connectivity index (χ3v) is 3.99. The lowest BCUT2D eigenvalue weighted by Gasteiger charge is -2.23. The van der Waals surface area contributed by atoms with Gasteiger partial charge in [-0.05, 0) is 38.5 Å². The first-order valence-corrected chi connectivity index (χ1v) is 9.06. The summed E-state index contributed by atoms with van der Waals surface area (Å²) in [6.07, 6.45) is 2.98. The second-order valence-electron chi connectivity index (χ2n) is 7.38. The van der Waals surface area contributed by atoms with Crippen molar-refractivity contribution in [1.29, 1.82) is 0 Å². The number of benzene rings is 1. The highest BCUT2D eigenvalue weighted by Gasteiger charge is 2.25. The van der Waals surface area contributed by atoms with Gasteiger partial charge >= 0.3 is 6.09 Å². The maximum atomic E-state index is 12.9. The molecule has 28 heavy (non-hydrogen) atoms. The summed E-state index contributed by atoms with van der Waals surface area (Å²) in [5.74, 6) is 0.359. The van der Waals surface area contributed by atoms with E-state index < -0.39 is 17.7 Å². The van der Waals surface area contributed by atoms with E-state index in [1.807, 2.05) is 47.0 Å². The van der Waals surface area contributed by atoms with Gasteiger partial charge in [0.25, 0.3) is 0 Å². The van der Waals surface area contributed by atoms with Crippen molar-refractivity contribution >= 4 is 17.5 Å². The highest BCUT2D eigenvalue weighted by Crippen LogP contribution is 2.15. The number of alkyl carbamates (subject to hydrolysis) is 1. The molecule has 0 saturated carbocycles. The topological polar surface area (TPSA) is 84.7 Å². The number of amides is 2. The first-order chi connectivity index (χ1) is 13.3. The van der Waals surface area contributed by atoms with E-state index in [9.17, 15) is 9.59 Å². The molecule has 0 bridgehead atoms. The standard InChI is InChI=1S/C21H24N4O3/c1-21(2,3)28-20(27)24-18(15-9-5-4-6-10-15)19(26)23-14-17-22-13-16-11-7-8-12-25(16)17/h4-13,18H,14H2,1-3H3,(H,23,26)(H,24,27). The lowest BCUT2D eigenvalue weighted by Crippen LogP contribution is -2.42. The van der Waals surface area contributed by atoms with E-state index in [-0.39, 0.29) is 12.5 Å². The smallest absolute Gasteiger partial charge is 0.408 e. The van der Waals surface area contributed by atoms with Crippen LogP contribution in [0.4, 0.5) is 4.79 Å². The number of hydrogen-bond donors (Lipinski definition) is 2. The average Bonchev–Trinajstić information content (AvgIpc) is 3.07. The first kappa shape index (κ1) is 19.4. The number of carbonyl (C=O) groups excluding carboxylic acids is 2. The molecule has 0 spiro atoms. The lowest BCUT2D eigenvalue weighted by molar-refractivity contribution is -0.123. The molecule has 0 aliphatic carbocycles. The molecule has 1 aromatic carbocycles. The highest BCUT2D eigenvalue weighted by atomic mass is 16.6. The Balaban J connectivity index is 1.74. The van der Waals surface area contributed by atoms with Gasteiger partial charge in [0.1, 0.15) is 17.5 Å². The number of fused-ring (bicyclic) bond motifs is 1. The van der Waals surface area contributed by atoms with Crippen molar-refractivity contribution in [3.8, 4) is 0 Å². The van der Waals surface area contributed by atoms with Crippen LogP contribution in [0.25, 0.3) is 5.52 Å². The van der Waals surface area contributed by atoms with E-state index in [0.29, 0.717) is 11.4 Å². The fourth-order valence-electron chi connectivity index (χ4n) is 2.77. The van der Waals surface area contributed by atoms with Crippen LogP contribution in [0.3, 0.4) is 0 Å². The Bertz CT molecular complexity index is 960. The third-order valence-electron chi connectivity index (χ3n) is 3.99. The van der Waals surface area contributed by atoms with Gasteiger partial charge in [0.05, 0.1) is 18.3 Å². The Morgan fingerprint density at radius 2 is 1.82 bits per heavy atom. The predicted molar refractivity (Wildman–Crippen MR) is 106 cm³/mol. The summed E-state index contributed by atoms with van der Waals surface area (Å²) in [6, 6.07) is 13.9. The summed E-state index contributed by atoms with van der Waals surface area (Å²) in [7, 11) is 0. The molecule has 3 aromatic rings. The maximum absolute atomic E-state index is 12.9. The number of carbonyl (C=O) groups is 2. The number of hydrogen-bond acceptors (Lipinski definition) is 4. The van der Waals surface area contributed by atoms with E-state index in [1.165, 1.54) is 0 Å². The zero-order chi connectivity index (χ0) is 20.1. The fraction of sp³-hybridized carbons (Fsp3) is 0.286. The van der Waals surface area contributed by atoms with Gasteiger partial charge in [-0.2, -0.15) is 0 Å². The average molecular weight is 380 g/mol. The van der Waals surface area contributed by atoms with Crippen LogP contribution in [-0.4, -0.2) is 27.0 Å². The van der Waals surface area contributed by atoms with Crippen LogP contribution >= 0.6 is 0 Å². The summed E-state index contributed by atoms with van der Waals surface area (Å²) in [4.78, 5) is 29.4. The van der Waals surface area contributed by atoms with Crippen molar-refractivity contribution in [3.63, 3.8) is 0 Å². The number of imidazole rings is 1. The molecule has 2 amide bonds. The molecular weight excluding hydrogens is 356 g/mol. The molecule has 146 valence electrons. The minimum atomic E-state index is -0.873. The number of rotatable bonds is 5. The summed E-state index contributed by atoms with van der Waals surface area (Å²) >= 11 is 0. The molecule has 7 heteroatoms. The Morgan fingerprint density at radius 1 is 1.11 bits per heavy atom. The molecule has 0 fully saturated rings. The highest BCUT2D eigenvalue weighted by molar-refractivity contribution is 5.86. The second kappa shape index (κ2) is 8.12. The molecule has 1 unspecified atom stereocenters. The van der Waals surface area contributed by atoms with Crippen molar-refractivity contribution in [3.05, 3.63) is 72.3 Å². The summed E-state index contributed by atoms with van der Waals surface area (Å²) in [5.41, 5.74) is 0.952. The predicted octanol–water partition coefficient (Wildman–Crippen LogP) is 3.22. The quantitative estimate of drug-likeness (QED) is 0.712. The van der Waals surface area contributed by atoms with Gasteiger partial charge in [-0.25, -0.2) is 9.78 Å². The van der Waals surface area contributed by atoms with Crippen molar-refractivity contribution in [2.24, 2.45) is 0 Å². The van der Waals surface area contributed by atoms with E-state index in [0.717, 1.165) is 5.52 Å². The summed E-state index contributed by atoms with van der Waals surface area (Å²) in [6.45, 7) is 5.55. The van der Waals surface area contributed by atoms with Crippen molar-refractivity contribution < 1.29 is 14.3 Å². The molecule has 3 rings (SSSR count). The number of aromatic nitrogens is 2. The molecule has 2 heterocycles. The maximum Gasteiger partial charge on any atom is 0.408 e. The Labute approximate surface area is 163 Å². The van der Waals surface area contributed by atoms with Gasteiger partial charge < -0.3 is 19.8 Å². The van der Waals surface area contributed by atoms with Crippen LogP contribution in [0, 0.1) is 0 Å². The van der Waals surface area contributed by atoms with Crippen LogP contribution in [0.15, 0.2) is 60.9 Å². The normalized spacial score (nSPS) is 12.4. The van der Waals surface area contributed by atoms with Crippen LogP contribution in [0.2, 0.25) is 0 Å². The van der Waals surface area contributed by atoms with Crippen molar-refractivity contribution in [1.82, 2.24) is 20.0 Å². The number of nitrogens with one attached hydrogen (secondary N) is 2. The van der Waals surface area contributed by atoms with E-state index in [1.54, 1.807) is 39.1 Å². The third kappa shape index (κ3) is 4.88. The monoisotopic (exact) mass is 380 g/mol. The fourth-order valence-corrected chi connectivity index (χ4v) is 2.77. The number of nitrogens with zero attached hydrogens (tertiary/aromatic N) is 2. The Kier molecular flexibility index (Phi) is 5.63. The molecule has 0 aliphatic heterocycles. The van der Waals surface area contributed by atoms with Gasteiger partial charge in [-0.1, -0.05) is 36.4 Å². The number of ether oxygens (including phenoxy) is 1. The molecule has 2 aromatic heterocycles. The van der Waals surface area contributed by atoms with Crippen LogP contribution < -0.4 is 10.6 Å². The van der Waals surface area contributed by atoms with Crippen LogP contribution in [0.1, 0.15) is 38.2 Å². The molecule has 2 N–H and O–H groups in total. The van der Waals surface area contributed by atoms with Crippen LogP contribution in [-0.2, 0) is 16.1 Å². The van der Waals surface area contributed by atoms with Gasteiger partial charge in [0.15, 0.2) is 0 Å². The minimum Gasteiger partial charge on any atom is -0.444 e. The van der Waals surface area contributed by atoms with E-state index >= 15 is 0 Å². The lowest BCUT2D eigenvalue weighted by atomic mass is 10.1. The van der Waals surface area contributed by atoms with Gasteiger partial charge in [0.2, 0.25) is 5.91 Å². The molecule has 0 radical (unpaired) electrons. The zero-order valence-electron chi connectivity index (χ0n) is 16.2.